The minimum absolute atomic E-state index is 0.0642. The molecular formula is C39H47N3O3. The average Bonchev–Trinajstić information content (AvgIpc) is 3.07. The van der Waals surface area contributed by atoms with E-state index in [4.69, 9.17) is 24.4 Å². The second kappa shape index (κ2) is 15.7. The van der Waals surface area contributed by atoms with Crippen molar-refractivity contribution in [3.63, 3.8) is 0 Å². The Kier molecular flexibility index (Phi) is 11.2. The van der Waals surface area contributed by atoms with E-state index in [1.165, 1.54) is 12.8 Å². The van der Waals surface area contributed by atoms with Crippen molar-refractivity contribution in [3.8, 4) is 40.3 Å². The molecule has 6 heteroatoms. The Labute approximate surface area is 267 Å². The van der Waals surface area contributed by atoms with Gasteiger partial charge in [0.2, 0.25) is 0 Å². The van der Waals surface area contributed by atoms with Gasteiger partial charge in [-0.2, -0.15) is 9.97 Å². The Morgan fingerprint density at radius 1 is 0.644 bits per heavy atom. The maximum Gasteiger partial charge on any atom is 0.320 e. The van der Waals surface area contributed by atoms with Crippen molar-refractivity contribution in [2.24, 2.45) is 11.8 Å². The van der Waals surface area contributed by atoms with Gasteiger partial charge in [0, 0.05) is 11.6 Å². The quantitative estimate of drug-likeness (QED) is 0.113. The summed E-state index contributed by atoms with van der Waals surface area (Å²) in [7, 11) is 0. The molecule has 0 aliphatic heterocycles. The highest BCUT2D eigenvalue weighted by atomic mass is 16.5. The van der Waals surface area contributed by atoms with Crippen molar-refractivity contribution in [1.29, 1.82) is 0 Å². The first kappa shape index (κ1) is 32.2. The van der Waals surface area contributed by atoms with E-state index >= 15 is 0 Å². The van der Waals surface area contributed by atoms with E-state index in [0.29, 0.717) is 48.0 Å². The molecule has 5 aromatic rings. The second-order valence-corrected chi connectivity index (χ2v) is 12.1. The maximum absolute atomic E-state index is 11.2. The van der Waals surface area contributed by atoms with Crippen LogP contribution in [0.4, 0.5) is 0 Å². The van der Waals surface area contributed by atoms with Crippen LogP contribution in [0.1, 0.15) is 79.1 Å². The van der Waals surface area contributed by atoms with Crippen LogP contribution in [0.25, 0.3) is 44.3 Å². The molecule has 0 spiro atoms. The van der Waals surface area contributed by atoms with Gasteiger partial charge in [0.1, 0.15) is 11.5 Å². The Morgan fingerprint density at radius 2 is 1.22 bits per heavy atom. The van der Waals surface area contributed by atoms with Crippen molar-refractivity contribution in [1.82, 2.24) is 15.0 Å². The summed E-state index contributed by atoms with van der Waals surface area (Å²) in [5.74, 6) is 2.50. The molecule has 0 aliphatic carbocycles. The highest BCUT2D eigenvalue weighted by Crippen LogP contribution is 2.37. The zero-order valence-corrected chi connectivity index (χ0v) is 27.3. The predicted molar refractivity (Wildman–Crippen MR) is 185 cm³/mol. The van der Waals surface area contributed by atoms with E-state index in [9.17, 15) is 5.11 Å². The van der Waals surface area contributed by atoms with Gasteiger partial charge in [-0.1, -0.05) is 115 Å². The number of ether oxygens (including phenoxy) is 2. The van der Waals surface area contributed by atoms with E-state index in [0.717, 1.165) is 65.6 Å². The summed E-state index contributed by atoms with van der Waals surface area (Å²) in [6, 6.07) is 24.4. The average molecular weight is 606 g/mol. The number of unbranched alkanes of at least 4 members (excludes halogenated alkanes) is 2. The molecule has 45 heavy (non-hydrogen) atoms. The first-order valence-corrected chi connectivity index (χ1v) is 16.8. The molecule has 0 fully saturated rings. The van der Waals surface area contributed by atoms with Crippen LogP contribution in [-0.4, -0.2) is 33.3 Å². The Balaban J connectivity index is 1.56. The fourth-order valence-corrected chi connectivity index (χ4v) is 5.90. The molecule has 0 saturated carbocycles. The number of hydrogen-bond donors (Lipinski definition) is 1. The highest BCUT2D eigenvalue weighted by Gasteiger charge is 2.20. The van der Waals surface area contributed by atoms with Crippen molar-refractivity contribution in [3.05, 3.63) is 72.8 Å². The number of benzene rings is 4. The van der Waals surface area contributed by atoms with Crippen LogP contribution in [0.2, 0.25) is 0 Å². The van der Waals surface area contributed by atoms with Crippen molar-refractivity contribution < 1.29 is 14.6 Å². The van der Waals surface area contributed by atoms with Crippen LogP contribution < -0.4 is 9.47 Å². The van der Waals surface area contributed by atoms with Gasteiger partial charge in [-0.25, -0.2) is 4.98 Å². The molecular weight excluding hydrogens is 558 g/mol. The van der Waals surface area contributed by atoms with Crippen LogP contribution in [0.5, 0.6) is 17.5 Å². The van der Waals surface area contributed by atoms with Crippen LogP contribution in [0.15, 0.2) is 72.8 Å². The van der Waals surface area contributed by atoms with E-state index in [2.05, 4.69) is 58.0 Å². The van der Waals surface area contributed by atoms with Crippen LogP contribution in [0, 0.1) is 11.8 Å². The van der Waals surface area contributed by atoms with Crippen molar-refractivity contribution in [2.45, 2.75) is 79.1 Å². The zero-order valence-electron chi connectivity index (χ0n) is 27.3. The molecule has 0 amide bonds. The summed E-state index contributed by atoms with van der Waals surface area (Å²) >= 11 is 0. The molecule has 6 nitrogen and oxygen atoms in total. The van der Waals surface area contributed by atoms with Gasteiger partial charge in [0.25, 0.3) is 0 Å². The highest BCUT2D eigenvalue weighted by molar-refractivity contribution is 6.11. The van der Waals surface area contributed by atoms with E-state index < -0.39 is 0 Å². The Hall–Kier alpha value is -4.19. The third-order valence-electron chi connectivity index (χ3n) is 8.84. The molecule has 1 aromatic heterocycles. The monoisotopic (exact) mass is 605 g/mol. The number of fused-ring (bicyclic) bond motifs is 2. The fourth-order valence-electron chi connectivity index (χ4n) is 5.90. The topological polar surface area (TPSA) is 77.4 Å². The van der Waals surface area contributed by atoms with Crippen LogP contribution in [-0.2, 0) is 0 Å². The van der Waals surface area contributed by atoms with Gasteiger partial charge < -0.3 is 14.6 Å². The number of aromatic hydroxyl groups is 1. The largest absolute Gasteiger partial charge is 0.507 e. The lowest BCUT2D eigenvalue weighted by molar-refractivity contribution is 0.217. The number of rotatable bonds is 16. The molecule has 0 saturated heterocycles. The van der Waals surface area contributed by atoms with Crippen molar-refractivity contribution >= 4 is 21.5 Å². The normalized spacial score (nSPS) is 12.8. The van der Waals surface area contributed by atoms with Crippen molar-refractivity contribution in [2.75, 3.05) is 13.2 Å². The van der Waals surface area contributed by atoms with Gasteiger partial charge in [-0.05, 0) is 64.4 Å². The molecule has 5 rings (SSSR count). The molecule has 236 valence electrons. The minimum Gasteiger partial charge on any atom is -0.507 e. The first-order valence-electron chi connectivity index (χ1n) is 16.8. The number of phenolic OH excluding ortho intramolecular Hbond substituents is 1. The van der Waals surface area contributed by atoms with Gasteiger partial charge in [-0.3, -0.25) is 0 Å². The number of hydrogen-bond acceptors (Lipinski definition) is 6. The third-order valence-corrected chi connectivity index (χ3v) is 8.84. The summed E-state index contributed by atoms with van der Waals surface area (Å²) in [4.78, 5) is 14.6. The number of nitrogens with zero attached hydrogens (tertiary/aromatic N) is 3. The van der Waals surface area contributed by atoms with Gasteiger partial charge in [0.05, 0.1) is 18.8 Å². The summed E-state index contributed by atoms with van der Waals surface area (Å²) in [6.45, 7) is 9.99. The van der Waals surface area contributed by atoms with Gasteiger partial charge >= 0.3 is 6.01 Å². The van der Waals surface area contributed by atoms with Gasteiger partial charge in [0.15, 0.2) is 11.6 Å². The minimum atomic E-state index is 0.0642. The van der Waals surface area contributed by atoms with Crippen LogP contribution in [0.3, 0.4) is 0 Å². The fraction of sp³-hybridized carbons (Fsp3) is 0.410. The van der Waals surface area contributed by atoms with Crippen LogP contribution >= 0.6 is 0 Å². The maximum atomic E-state index is 11.2. The predicted octanol–water partition coefficient (Wildman–Crippen LogP) is 10.4. The lowest BCUT2D eigenvalue weighted by Crippen LogP contribution is -2.13. The lowest BCUT2D eigenvalue weighted by atomic mass is 9.96. The molecule has 1 heterocycles. The Bertz CT molecular complexity index is 1650. The molecule has 0 aliphatic rings. The molecule has 1 N–H and O–H groups in total. The number of aromatic nitrogens is 3. The Morgan fingerprint density at radius 3 is 1.80 bits per heavy atom. The molecule has 4 aromatic carbocycles. The summed E-state index contributed by atoms with van der Waals surface area (Å²) in [6.07, 6.45) is 9.04. The van der Waals surface area contributed by atoms with E-state index in [1.54, 1.807) is 6.07 Å². The number of phenols is 1. The second-order valence-electron chi connectivity index (χ2n) is 12.1. The van der Waals surface area contributed by atoms with E-state index in [-0.39, 0.29) is 11.8 Å². The smallest absolute Gasteiger partial charge is 0.320 e. The van der Waals surface area contributed by atoms with Gasteiger partial charge in [-0.15, -0.1) is 0 Å². The molecule has 2 unspecified atom stereocenters. The SMILES string of the molecule is CCCCC(CC)COc1ccc(-c2nc(OCC(CC)CCCC)nc(-c3c4ccccc4cc4ccccc34)n2)c(O)c1. The summed E-state index contributed by atoms with van der Waals surface area (Å²) in [5.41, 5.74) is 1.43. The first-order chi connectivity index (χ1) is 22.0. The lowest BCUT2D eigenvalue weighted by Gasteiger charge is -2.17. The molecule has 0 bridgehead atoms. The summed E-state index contributed by atoms with van der Waals surface area (Å²) in [5, 5.41) is 15.6. The standard InChI is InChI=1S/C39H47N3O3/c1-5-9-15-27(7-3)25-44-31-21-22-34(35(43)24-31)37-40-38(42-39(41-37)45-26-28(8-4)16-10-6-2)36-32-19-13-11-17-29(32)23-30-18-12-14-20-33(30)36/h11-14,17-24,27-28,43H,5-10,15-16,25-26H2,1-4H3. The van der Waals surface area contributed by atoms with E-state index in [1.807, 2.05) is 36.4 Å². The molecule has 0 radical (unpaired) electrons. The third kappa shape index (κ3) is 7.91. The zero-order chi connectivity index (χ0) is 31.6. The molecule has 2 atom stereocenters. The summed E-state index contributed by atoms with van der Waals surface area (Å²) < 4.78 is 12.4.